The maximum Gasteiger partial charge on any atom is 0.330 e. The fraction of sp³-hybridized carbons (Fsp3) is 0.250. The number of nitrogens with zero attached hydrogens (tertiary/aromatic N) is 2. The van der Waals surface area contributed by atoms with Crippen molar-refractivity contribution in [2.24, 2.45) is 0 Å². The largest absolute Gasteiger partial charge is 0.466 e. The number of aromatic nitrogens is 2. The Balaban J connectivity index is 1.40. The highest BCUT2D eigenvalue weighted by molar-refractivity contribution is 5.90. The van der Waals surface area contributed by atoms with Crippen molar-refractivity contribution in [3.8, 4) is 0 Å². The van der Waals surface area contributed by atoms with Crippen molar-refractivity contribution in [2.45, 2.75) is 38.3 Å². The molecule has 3 aromatic carbocycles. The average molecular weight is 491 g/mol. The molecule has 0 radical (unpaired) electrons. The Morgan fingerprint density at radius 2 is 1.76 bits per heavy atom. The van der Waals surface area contributed by atoms with Crippen LogP contribution in [0.15, 0.2) is 84.6 Å². The summed E-state index contributed by atoms with van der Waals surface area (Å²) in [7, 11) is 1.39. The summed E-state index contributed by atoms with van der Waals surface area (Å²) in [6, 6.07) is 23.8. The number of fused-ring (bicyclic) bond motifs is 2. The van der Waals surface area contributed by atoms with E-state index in [1.54, 1.807) is 6.08 Å². The van der Waals surface area contributed by atoms with Crippen molar-refractivity contribution in [1.29, 1.82) is 0 Å². The Kier molecular flexibility index (Phi) is 6.46. The highest BCUT2D eigenvalue weighted by Crippen LogP contribution is 2.37. The Labute approximate surface area is 217 Å². The van der Waals surface area contributed by atoms with E-state index in [0.717, 1.165) is 48.8 Å². The molecule has 4 aromatic rings. The lowest BCUT2D eigenvalue weighted by molar-refractivity contribution is -0.134. The summed E-state index contributed by atoms with van der Waals surface area (Å²) in [5.74, 6) is -0.358. The second-order valence-corrected chi connectivity index (χ2v) is 9.76. The molecule has 0 N–H and O–H groups in total. The van der Waals surface area contributed by atoms with Gasteiger partial charge in [-0.3, -0.25) is 0 Å². The lowest BCUT2D eigenvalue weighted by Gasteiger charge is -2.23. The van der Waals surface area contributed by atoms with Crippen LogP contribution in [0.5, 0.6) is 0 Å². The second-order valence-electron chi connectivity index (χ2n) is 9.76. The number of ether oxygens (including phenoxy) is 2. The Morgan fingerprint density at radius 1 is 1.00 bits per heavy atom. The van der Waals surface area contributed by atoms with E-state index in [1.165, 1.54) is 53.0 Å². The van der Waals surface area contributed by atoms with E-state index in [1.807, 2.05) is 10.9 Å². The van der Waals surface area contributed by atoms with Gasteiger partial charge in [0.2, 0.25) is 0 Å². The molecule has 1 saturated heterocycles. The van der Waals surface area contributed by atoms with Gasteiger partial charge in [-0.05, 0) is 83.7 Å². The summed E-state index contributed by atoms with van der Waals surface area (Å²) in [6.07, 6.45) is 10.4. The molecule has 1 aliphatic carbocycles. The van der Waals surface area contributed by atoms with Crippen LogP contribution in [0.2, 0.25) is 0 Å². The fourth-order valence-corrected chi connectivity index (χ4v) is 5.52. The Hall–Kier alpha value is -3.96. The number of rotatable bonds is 5. The number of carbonyl (C=O) groups excluding carboxylic acids is 1. The van der Waals surface area contributed by atoms with E-state index in [2.05, 4.69) is 66.7 Å². The van der Waals surface area contributed by atoms with Crippen molar-refractivity contribution >= 4 is 28.5 Å². The van der Waals surface area contributed by atoms with Gasteiger partial charge in [0.15, 0.2) is 6.23 Å². The molecule has 6 rings (SSSR count). The number of methoxy groups -OCH3 is 1. The van der Waals surface area contributed by atoms with Gasteiger partial charge in [-0.2, -0.15) is 5.10 Å². The summed E-state index contributed by atoms with van der Waals surface area (Å²) in [6.45, 7) is 0.797. The second kappa shape index (κ2) is 10.2. The zero-order valence-corrected chi connectivity index (χ0v) is 21.0. The molecule has 0 bridgehead atoms. The lowest BCUT2D eigenvalue weighted by atomic mass is 9.90. The normalized spacial score (nSPS) is 17.3. The third kappa shape index (κ3) is 4.75. The Morgan fingerprint density at radius 3 is 2.46 bits per heavy atom. The maximum atomic E-state index is 11.5. The van der Waals surface area contributed by atoms with Gasteiger partial charge in [-0.1, -0.05) is 60.2 Å². The van der Waals surface area contributed by atoms with E-state index in [0.29, 0.717) is 0 Å². The van der Waals surface area contributed by atoms with Crippen LogP contribution in [0, 0.1) is 0 Å². The number of hydrogen-bond donors (Lipinski definition) is 0. The SMILES string of the molecule is COC(=O)/C=C/c1ccc(C(=C2Cc3ccccc3C2)c2ccc3c(cnn3C3CCCCO3)c2)cc1. The molecule has 1 aliphatic heterocycles. The number of carbonyl (C=O) groups is 1. The van der Waals surface area contributed by atoms with Crippen molar-refractivity contribution in [3.63, 3.8) is 0 Å². The summed E-state index contributed by atoms with van der Waals surface area (Å²) >= 11 is 0. The molecule has 1 unspecified atom stereocenters. The molecule has 0 saturated carbocycles. The summed E-state index contributed by atoms with van der Waals surface area (Å²) in [5.41, 5.74) is 9.91. The van der Waals surface area contributed by atoms with E-state index in [4.69, 9.17) is 14.6 Å². The third-order valence-corrected chi connectivity index (χ3v) is 7.40. The predicted octanol–water partition coefficient (Wildman–Crippen LogP) is 6.52. The number of benzene rings is 3. The Bertz CT molecular complexity index is 1480. The molecule has 1 aromatic heterocycles. The molecule has 37 heavy (non-hydrogen) atoms. The van der Waals surface area contributed by atoms with E-state index in [-0.39, 0.29) is 12.2 Å². The lowest BCUT2D eigenvalue weighted by Crippen LogP contribution is -2.18. The molecule has 5 nitrogen and oxygen atoms in total. The first-order chi connectivity index (χ1) is 18.2. The van der Waals surface area contributed by atoms with Gasteiger partial charge in [0.25, 0.3) is 0 Å². The smallest absolute Gasteiger partial charge is 0.330 e. The van der Waals surface area contributed by atoms with Gasteiger partial charge >= 0.3 is 5.97 Å². The van der Waals surface area contributed by atoms with Gasteiger partial charge < -0.3 is 9.47 Å². The van der Waals surface area contributed by atoms with Crippen LogP contribution in [0.4, 0.5) is 0 Å². The third-order valence-electron chi connectivity index (χ3n) is 7.40. The topological polar surface area (TPSA) is 53.3 Å². The first-order valence-corrected chi connectivity index (χ1v) is 12.9. The van der Waals surface area contributed by atoms with Crippen LogP contribution < -0.4 is 0 Å². The van der Waals surface area contributed by atoms with Gasteiger partial charge in [0.05, 0.1) is 18.8 Å². The highest BCUT2D eigenvalue weighted by atomic mass is 16.5. The van der Waals surface area contributed by atoms with Crippen LogP contribution >= 0.6 is 0 Å². The summed E-state index contributed by atoms with van der Waals surface area (Å²) < 4.78 is 12.8. The van der Waals surface area contributed by atoms with Gasteiger partial charge in [0, 0.05) is 18.1 Å². The van der Waals surface area contributed by atoms with E-state index < -0.39 is 0 Å². The molecular formula is C32H30N2O3. The minimum atomic E-state index is -0.358. The van der Waals surface area contributed by atoms with Crippen LogP contribution in [0.25, 0.3) is 22.6 Å². The highest BCUT2D eigenvalue weighted by Gasteiger charge is 2.22. The van der Waals surface area contributed by atoms with Crippen molar-refractivity contribution in [2.75, 3.05) is 13.7 Å². The van der Waals surface area contributed by atoms with Crippen LogP contribution in [0.1, 0.15) is 53.3 Å². The fourth-order valence-electron chi connectivity index (χ4n) is 5.52. The minimum Gasteiger partial charge on any atom is -0.466 e. The minimum absolute atomic E-state index is 0.0184. The van der Waals surface area contributed by atoms with Crippen LogP contribution in [-0.2, 0) is 27.1 Å². The molecule has 1 fully saturated rings. The summed E-state index contributed by atoms with van der Waals surface area (Å²) in [5, 5.41) is 5.83. The van der Waals surface area contributed by atoms with Gasteiger partial charge in [-0.15, -0.1) is 0 Å². The van der Waals surface area contributed by atoms with Crippen molar-refractivity contribution in [3.05, 3.63) is 112 Å². The number of hydrogen-bond acceptors (Lipinski definition) is 4. The van der Waals surface area contributed by atoms with Crippen LogP contribution in [0.3, 0.4) is 0 Å². The quantitative estimate of drug-likeness (QED) is 0.236. The van der Waals surface area contributed by atoms with Crippen molar-refractivity contribution in [1.82, 2.24) is 9.78 Å². The molecule has 2 aliphatic rings. The van der Waals surface area contributed by atoms with E-state index in [9.17, 15) is 4.79 Å². The molecule has 1 atom stereocenters. The molecule has 0 amide bonds. The molecule has 0 spiro atoms. The molecule has 5 heteroatoms. The zero-order valence-electron chi connectivity index (χ0n) is 21.0. The summed E-state index contributed by atoms with van der Waals surface area (Å²) in [4.78, 5) is 11.5. The standard InChI is InChI=1S/C32H30N2O3/c1-36-31(35)16-11-22-9-12-23(13-10-22)32(27-18-24-6-2-3-7-25(24)19-27)26-14-15-29-28(20-26)21-33-34(29)30-8-4-5-17-37-30/h2-3,6-7,9-16,20-21,30H,4-5,8,17-19H2,1H3/b16-11+. The number of esters is 1. The molecular weight excluding hydrogens is 460 g/mol. The van der Waals surface area contributed by atoms with Gasteiger partial charge in [0.1, 0.15) is 0 Å². The first kappa shape index (κ1) is 23.4. The van der Waals surface area contributed by atoms with Gasteiger partial charge in [-0.25, -0.2) is 9.48 Å². The average Bonchev–Trinajstić information content (AvgIpc) is 3.57. The number of allylic oxidation sites excluding steroid dienone is 1. The van der Waals surface area contributed by atoms with Crippen LogP contribution in [-0.4, -0.2) is 29.5 Å². The van der Waals surface area contributed by atoms with E-state index >= 15 is 0 Å². The zero-order chi connectivity index (χ0) is 25.2. The maximum absolute atomic E-state index is 11.5. The predicted molar refractivity (Wildman–Crippen MR) is 146 cm³/mol. The molecule has 2 heterocycles. The van der Waals surface area contributed by atoms with Crippen molar-refractivity contribution < 1.29 is 14.3 Å². The molecule has 186 valence electrons. The monoisotopic (exact) mass is 490 g/mol. The first-order valence-electron chi connectivity index (χ1n) is 12.9.